The first-order valence-corrected chi connectivity index (χ1v) is 11.9. The number of thiocarbonyl (C=S) groups is 1. The molecule has 0 atom stereocenters. The fourth-order valence-electron chi connectivity index (χ4n) is 4.08. The van der Waals surface area contributed by atoms with E-state index < -0.39 is 0 Å². The first-order valence-electron chi connectivity index (χ1n) is 10.7. The van der Waals surface area contributed by atoms with E-state index in [2.05, 4.69) is 4.90 Å². The summed E-state index contributed by atoms with van der Waals surface area (Å²) < 4.78 is 15.2. The summed E-state index contributed by atoms with van der Waals surface area (Å²) in [4.78, 5) is 35.4. The predicted molar refractivity (Wildman–Crippen MR) is 133 cm³/mol. The zero-order valence-electron chi connectivity index (χ0n) is 18.0. The molecule has 2 aliphatic heterocycles. The van der Waals surface area contributed by atoms with Crippen molar-refractivity contribution in [2.75, 3.05) is 18.0 Å². The molecule has 2 fully saturated rings. The van der Waals surface area contributed by atoms with E-state index in [1.54, 1.807) is 24.4 Å². The number of hydrogen-bond donors (Lipinski definition) is 0. The van der Waals surface area contributed by atoms with Crippen LogP contribution >= 0.6 is 24.0 Å². The van der Waals surface area contributed by atoms with Crippen LogP contribution in [-0.2, 0) is 11.3 Å². The molecular weight excluding hydrogens is 459 g/mol. The third-order valence-corrected chi connectivity index (χ3v) is 7.17. The molecule has 0 N–H and O–H groups in total. The largest absolute Gasteiger partial charge is 0.356 e. The zero-order valence-corrected chi connectivity index (χ0v) is 19.6. The number of nitrogens with zero attached hydrogens (tertiary/aromatic N) is 4. The van der Waals surface area contributed by atoms with Crippen molar-refractivity contribution < 1.29 is 9.18 Å². The van der Waals surface area contributed by atoms with Crippen LogP contribution in [-0.4, -0.2) is 37.6 Å². The molecule has 1 amide bonds. The number of amides is 1. The van der Waals surface area contributed by atoms with Gasteiger partial charge in [-0.05, 0) is 55.2 Å². The van der Waals surface area contributed by atoms with Crippen molar-refractivity contribution in [1.29, 1.82) is 0 Å². The smallest absolute Gasteiger partial charge is 0.267 e. The van der Waals surface area contributed by atoms with E-state index in [-0.39, 0.29) is 23.8 Å². The molecule has 0 aliphatic carbocycles. The van der Waals surface area contributed by atoms with E-state index in [0.29, 0.717) is 26.3 Å². The molecule has 168 valence electrons. The van der Waals surface area contributed by atoms with Crippen LogP contribution in [0.25, 0.3) is 11.7 Å². The molecule has 0 saturated carbocycles. The summed E-state index contributed by atoms with van der Waals surface area (Å²) in [6, 6.07) is 9.73. The molecule has 3 aromatic rings. The normalized spacial score (nSPS) is 17.7. The molecule has 0 radical (unpaired) electrons. The fraction of sp³-hybridized carbons (Fsp3) is 0.250. The Morgan fingerprint density at radius 2 is 1.85 bits per heavy atom. The minimum atomic E-state index is -0.335. The fourth-order valence-corrected chi connectivity index (χ4v) is 5.32. The highest BCUT2D eigenvalue weighted by Crippen LogP contribution is 2.35. The lowest BCUT2D eigenvalue weighted by atomic mass is 10.2. The number of pyridine rings is 1. The van der Waals surface area contributed by atoms with E-state index in [1.807, 2.05) is 19.1 Å². The molecule has 0 bridgehead atoms. The average Bonchev–Trinajstić information content (AvgIpc) is 3.42. The maximum absolute atomic E-state index is 13.5. The lowest BCUT2D eigenvalue weighted by Gasteiger charge is -2.19. The van der Waals surface area contributed by atoms with Gasteiger partial charge >= 0.3 is 0 Å². The van der Waals surface area contributed by atoms with Gasteiger partial charge in [0.2, 0.25) is 0 Å². The highest BCUT2D eigenvalue weighted by Gasteiger charge is 2.33. The summed E-state index contributed by atoms with van der Waals surface area (Å²) in [5, 5.41) is 0. The van der Waals surface area contributed by atoms with Gasteiger partial charge in [-0.25, -0.2) is 9.37 Å². The summed E-state index contributed by atoms with van der Waals surface area (Å²) in [7, 11) is 0. The van der Waals surface area contributed by atoms with Gasteiger partial charge in [0, 0.05) is 19.3 Å². The number of carbonyl (C=O) groups is 1. The zero-order chi connectivity index (χ0) is 23.1. The summed E-state index contributed by atoms with van der Waals surface area (Å²) in [5.74, 6) is -0.00131. The van der Waals surface area contributed by atoms with Crippen molar-refractivity contribution in [3.05, 3.63) is 80.4 Å². The number of benzene rings is 1. The van der Waals surface area contributed by atoms with Crippen molar-refractivity contribution in [1.82, 2.24) is 14.3 Å². The molecular formula is C24H21FN4O2S2. The number of carbonyl (C=O) groups excluding carboxylic acids is 1. The van der Waals surface area contributed by atoms with Gasteiger partial charge in [-0.15, -0.1) is 0 Å². The Hall–Kier alpha value is -3.04. The molecule has 1 aromatic carbocycles. The summed E-state index contributed by atoms with van der Waals surface area (Å²) >= 11 is 6.61. The van der Waals surface area contributed by atoms with Crippen LogP contribution in [0, 0.1) is 12.7 Å². The third-order valence-electron chi connectivity index (χ3n) is 5.79. The third kappa shape index (κ3) is 4.18. The van der Waals surface area contributed by atoms with Crippen LogP contribution in [0.2, 0.25) is 0 Å². The van der Waals surface area contributed by atoms with E-state index in [1.165, 1.54) is 33.2 Å². The molecule has 2 saturated heterocycles. The molecule has 4 heterocycles. The van der Waals surface area contributed by atoms with Gasteiger partial charge in [-0.1, -0.05) is 42.2 Å². The van der Waals surface area contributed by atoms with Gasteiger partial charge < -0.3 is 4.90 Å². The summed E-state index contributed by atoms with van der Waals surface area (Å²) in [5.41, 5.74) is 2.47. The van der Waals surface area contributed by atoms with Crippen molar-refractivity contribution in [2.24, 2.45) is 0 Å². The van der Waals surface area contributed by atoms with Crippen LogP contribution in [0.5, 0.6) is 0 Å². The maximum atomic E-state index is 13.5. The van der Waals surface area contributed by atoms with Crippen LogP contribution < -0.4 is 10.5 Å². The van der Waals surface area contributed by atoms with E-state index >= 15 is 0 Å². The van der Waals surface area contributed by atoms with Gasteiger partial charge in [0.15, 0.2) is 0 Å². The average molecular weight is 481 g/mol. The van der Waals surface area contributed by atoms with Gasteiger partial charge in [0.25, 0.3) is 11.5 Å². The summed E-state index contributed by atoms with van der Waals surface area (Å²) in [6.45, 7) is 3.80. The SMILES string of the molecule is Cc1ccc2nc(N3CCCC3)c(/C=C3/SC(=S)N(Cc4ccc(F)cc4)C3=O)c(=O)n2c1. The lowest BCUT2D eigenvalue weighted by molar-refractivity contribution is -0.122. The monoisotopic (exact) mass is 480 g/mol. The summed E-state index contributed by atoms with van der Waals surface area (Å²) in [6.07, 6.45) is 5.46. The molecule has 33 heavy (non-hydrogen) atoms. The molecule has 0 spiro atoms. The lowest BCUT2D eigenvalue weighted by Crippen LogP contribution is -2.28. The number of anilines is 1. The molecule has 2 aliphatic rings. The predicted octanol–water partition coefficient (Wildman–Crippen LogP) is 4.14. The highest BCUT2D eigenvalue weighted by atomic mass is 32.2. The van der Waals surface area contributed by atoms with E-state index in [0.717, 1.165) is 37.1 Å². The van der Waals surface area contributed by atoms with Crippen LogP contribution in [0.15, 0.2) is 52.3 Å². The van der Waals surface area contributed by atoms with Gasteiger partial charge in [0.05, 0.1) is 17.0 Å². The van der Waals surface area contributed by atoms with Crippen molar-refractivity contribution in [3.63, 3.8) is 0 Å². The molecule has 0 unspecified atom stereocenters. The number of aromatic nitrogens is 2. The number of fused-ring (bicyclic) bond motifs is 1. The Morgan fingerprint density at radius 3 is 2.58 bits per heavy atom. The number of thioether (sulfide) groups is 1. The second-order valence-corrected chi connectivity index (χ2v) is 9.85. The standard InChI is InChI=1S/C24H21FN4O2S2/c1-15-4-9-20-26-21(27-10-2-3-11-27)18(22(30)28(20)13-15)12-19-23(31)29(24(32)33-19)14-16-5-7-17(25)8-6-16/h4-9,12-13H,2-3,10-11,14H2,1H3/b19-12+. The minimum Gasteiger partial charge on any atom is -0.356 e. The first-order chi connectivity index (χ1) is 15.9. The van der Waals surface area contributed by atoms with Gasteiger partial charge in [0.1, 0.15) is 21.6 Å². The Balaban J connectivity index is 1.56. The Morgan fingerprint density at radius 1 is 1.12 bits per heavy atom. The second kappa shape index (κ2) is 8.72. The quantitative estimate of drug-likeness (QED) is 0.413. The minimum absolute atomic E-state index is 0.214. The Labute approximate surface area is 199 Å². The number of halogens is 1. The van der Waals surface area contributed by atoms with E-state index in [4.69, 9.17) is 17.2 Å². The van der Waals surface area contributed by atoms with Crippen LogP contribution in [0.3, 0.4) is 0 Å². The second-order valence-electron chi connectivity index (χ2n) is 8.18. The molecule has 9 heteroatoms. The molecule has 2 aromatic heterocycles. The van der Waals surface area contributed by atoms with Crippen molar-refractivity contribution in [2.45, 2.75) is 26.3 Å². The molecule has 6 nitrogen and oxygen atoms in total. The number of aryl methyl sites for hydroxylation is 1. The van der Waals surface area contributed by atoms with Gasteiger partial charge in [-0.2, -0.15) is 0 Å². The van der Waals surface area contributed by atoms with Gasteiger partial charge in [-0.3, -0.25) is 18.9 Å². The Kier molecular flexibility index (Phi) is 5.76. The van der Waals surface area contributed by atoms with Crippen molar-refractivity contribution >= 4 is 51.7 Å². The van der Waals surface area contributed by atoms with Crippen LogP contribution in [0.1, 0.15) is 29.5 Å². The molecule has 5 rings (SSSR count). The number of rotatable bonds is 4. The maximum Gasteiger partial charge on any atom is 0.267 e. The topological polar surface area (TPSA) is 57.9 Å². The number of hydrogen-bond acceptors (Lipinski definition) is 6. The van der Waals surface area contributed by atoms with E-state index in [9.17, 15) is 14.0 Å². The van der Waals surface area contributed by atoms with Crippen molar-refractivity contribution in [3.8, 4) is 0 Å². The first kappa shape index (κ1) is 21.8. The Bertz CT molecular complexity index is 1360. The highest BCUT2D eigenvalue weighted by molar-refractivity contribution is 8.26. The van der Waals surface area contributed by atoms with Crippen LogP contribution in [0.4, 0.5) is 10.2 Å².